The predicted octanol–water partition coefficient (Wildman–Crippen LogP) is 9.80. The number of benzene rings is 5. The third-order valence-corrected chi connectivity index (χ3v) is 6.86. The lowest BCUT2D eigenvalue weighted by Crippen LogP contribution is -1.85. The predicted molar refractivity (Wildman–Crippen MR) is 147 cm³/mol. The summed E-state index contributed by atoms with van der Waals surface area (Å²) in [7, 11) is 0. The van der Waals surface area contributed by atoms with E-state index in [1.807, 2.05) is 0 Å². The van der Waals surface area contributed by atoms with Gasteiger partial charge in [-0.1, -0.05) is 92.6 Å². The van der Waals surface area contributed by atoms with Crippen LogP contribution in [-0.2, 0) is 6.42 Å². The highest BCUT2D eigenvalue weighted by Gasteiger charge is 2.09. The highest BCUT2D eigenvalue weighted by atomic mass is 16.3. The average molecular weight is 441 g/mol. The van der Waals surface area contributed by atoms with E-state index >= 15 is 0 Å². The smallest absolute Gasteiger partial charge is 0.135 e. The summed E-state index contributed by atoms with van der Waals surface area (Å²) in [5, 5.41) is 8.79. The van der Waals surface area contributed by atoms with Crippen LogP contribution in [0.4, 0.5) is 0 Å². The van der Waals surface area contributed by atoms with Crippen LogP contribution in [0.3, 0.4) is 0 Å². The Hall–Kier alpha value is -3.84. The van der Waals surface area contributed by atoms with Gasteiger partial charge in [0.25, 0.3) is 0 Å². The van der Waals surface area contributed by atoms with Gasteiger partial charge in [0, 0.05) is 5.39 Å². The molecule has 0 radical (unpaired) electrons. The van der Waals surface area contributed by atoms with Gasteiger partial charge in [-0.05, 0) is 86.6 Å². The van der Waals surface area contributed by atoms with Crippen LogP contribution in [0.2, 0.25) is 0 Å². The average Bonchev–Trinajstić information content (AvgIpc) is 3.30. The Morgan fingerprint density at radius 2 is 1.44 bits per heavy atom. The van der Waals surface area contributed by atoms with Crippen molar-refractivity contribution in [2.45, 2.75) is 32.6 Å². The summed E-state index contributed by atoms with van der Waals surface area (Å²) < 4.78 is 6.20. The van der Waals surface area contributed by atoms with Gasteiger partial charge in [-0.2, -0.15) is 0 Å². The first-order valence-corrected chi connectivity index (χ1v) is 12.3. The zero-order valence-corrected chi connectivity index (χ0v) is 19.6. The van der Waals surface area contributed by atoms with Gasteiger partial charge >= 0.3 is 0 Å². The van der Waals surface area contributed by atoms with Gasteiger partial charge in [-0.15, -0.1) is 0 Å². The van der Waals surface area contributed by atoms with Crippen molar-refractivity contribution >= 4 is 55.4 Å². The summed E-state index contributed by atoms with van der Waals surface area (Å²) in [5.74, 6) is 0.887. The molecule has 5 aromatic carbocycles. The summed E-state index contributed by atoms with van der Waals surface area (Å²) in [6.07, 6.45) is 9.20. The van der Waals surface area contributed by atoms with Gasteiger partial charge in [-0.3, -0.25) is 0 Å². The van der Waals surface area contributed by atoms with E-state index in [1.54, 1.807) is 0 Å². The lowest BCUT2D eigenvalue weighted by Gasteiger charge is -2.07. The first kappa shape index (κ1) is 20.7. The maximum Gasteiger partial charge on any atom is 0.135 e. The Bertz CT molecular complexity index is 1670. The molecule has 6 rings (SSSR count). The molecule has 1 nitrogen and oxygen atoms in total. The lowest BCUT2D eigenvalue weighted by atomic mass is 9.97. The van der Waals surface area contributed by atoms with E-state index in [-0.39, 0.29) is 0 Å². The Labute approximate surface area is 200 Å². The first-order chi connectivity index (χ1) is 16.8. The second-order valence-electron chi connectivity index (χ2n) is 9.24. The molecule has 0 aliphatic heterocycles. The molecular formula is C33H28O. The molecule has 34 heavy (non-hydrogen) atoms. The molecule has 0 saturated heterocycles. The van der Waals surface area contributed by atoms with Gasteiger partial charge in [0.2, 0.25) is 0 Å². The molecule has 0 unspecified atom stereocenters. The zero-order valence-electron chi connectivity index (χ0n) is 19.6. The molecule has 0 N–H and O–H groups in total. The molecule has 1 aromatic heterocycles. The Balaban J connectivity index is 1.37. The zero-order chi connectivity index (χ0) is 22.9. The molecule has 0 fully saturated rings. The van der Waals surface area contributed by atoms with Crippen molar-refractivity contribution in [3.05, 3.63) is 108 Å². The van der Waals surface area contributed by atoms with Gasteiger partial charge in [0.15, 0.2) is 0 Å². The highest BCUT2D eigenvalue weighted by molar-refractivity contribution is 6.18. The SMILES string of the molecule is CCCCCc1cccc(/C=C/c2cc3c(ccc4c5cc6ccccc6cc5ccc34)o2)c1. The third-order valence-electron chi connectivity index (χ3n) is 6.86. The summed E-state index contributed by atoms with van der Waals surface area (Å²) in [6.45, 7) is 2.25. The summed E-state index contributed by atoms with van der Waals surface area (Å²) in [5.41, 5.74) is 3.56. The van der Waals surface area contributed by atoms with Crippen molar-refractivity contribution in [1.29, 1.82) is 0 Å². The summed E-state index contributed by atoms with van der Waals surface area (Å²) >= 11 is 0. The fraction of sp³-hybridized carbons (Fsp3) is 0.152. The van der Waals surface area contributed by atoms with Crippen molar-refractivity contribution in [3.63, 3.8) is 0 Å². The van der Waals surface area contributed by atoms with E-state index in [0.29, 0.717) is 0 Å². The van der Waals surface area contributed by atoms with Crippen molar-refractivity contribution in [2.24, 2.45) is 0 Å². The number of aryl methyl sites for hydroxylation is 1. The molecule has 0 saturated carbocycles. The minimum absolute atomic E-state index is 0.887. The van der Waals surface area contributed by atoms with Crippen molar-refractivity contribution in [2.75, 3.05) is 0 Å². The standard InChI is InChI=1S/C33H28O/c1-2-3-4-8-23-9-7-10-24(19-23)13-15-28-22-32-30-16-14-27-20-25-11-5-6-12-26(25)21-31(27)29(30)17-18-33(32)34-28/h5-7,9-22H,2-4,8H2,1H3/b15-13+. The van der Waals surface area contributed by atoms with E-state index < -0.39 is 0 Å². The Kier molecular flexibility index (Phi) is 5.39. The van der Waals surface area contributed by atoms with E-state index in [2.05, 4.69) is 110 Å². The summed E-state index contributed by atoms with van der Waals surface area (Å²) in [6, 6.07) is 33.0. The maximum atomic E-state index is 6.20. The molecule has 1 heteroatoms. The fourth-order valence-electron chi connectivity index (χ4n) is 5.06. The number of hydrogen-bond acceptors (Lipinski definition) is 1. The molecule has 0 spiro atoms. The third kappa shape index (κ3) is 3.88. The number of unbranched alkanes of at least 4 members (excludes halogenated alkanes) is 2. The van der Waals surface area contributed by atoms with Gasteiger partial charge in [-0.25, -0.2) is 0 Å². The molecule has 0 aliphatic rings. The van der Waals surface area contributed by atoms with E-state index in [0.717, 1.165) is 17.8 Å². The minimum Gasteiger partial charge on any atom is -0.457 e. The lowest BCUT2D eigenvalue weighted by molar-refractivity contribution is 0.605. The second-order valence-corrected chi connectivity index (χ2v) is 9.24. The van der Waals surface area contributed by atoms with Crippen LogP contribution >= 0.6 is 0 Å². The van der Waals surface area contributed by atoms with E-state index in [9.17, 15) is 0 Å². The van der Waals surface area contributed by atoms with Crippen LogP contribution in [-0.4, -0.2) is 0 Å². The number of furan rings is 1. The van der Waals surface area contributed by atoms with Crippen molar-refractivity contribution < 1.29 is 4.42 Å². The van der Waals surface area contributed by atoms with Gasteiger partial charge < -0.3 is 4.42 Å². The normalized spacial score (nSPS) is 12.0. The fourth-order valence-corrected chi connectivity index (χ4v) is 5.06. The first-order valence-electron chi connectivity index (χ1n) is 12.3. The van der Waals surface area contributed by atoms with Gasteiger partial charge in [0.05, 0.1) is 0 Å². The Morgan fingerprint density at radius 1 is 0.618 bits per heavy atom. The van der Waals surface area contributed by atoms with Crippen LogP contribution in [0.1, 0.15) is 43.1 Å². The topological polar surface area (TPSA) is 13.1 Å². The summed E-state index contributed by atoms with van der Waals surface area (Å²) in [4.78, 5) is 0. The molecule has 0 aliphatic carbocycles. The van der Waals surface area contributed by atoms with Gasteiger partial charge in [0.1, 0.15) is 11.3 Å². The minimum atomic E-state index is 0.887. The van der Waals surface area contributed by atoms with Crippen molar-refractivity contribution in [1.82, 2.24) is 0 Å². The van der Waals surface area contributed by atoms with Crippen molar-refractivity contribution in [3.8, 4) is 0 Å². The maximum absolute atomic E-state index is 6.20. The number of fused-ring (bicyclic) bond motifs is 6. The van der Waals surface area contributed by atoms with Crippen LogP contribution in [0, 0.1) is 0 Å². The number of rotatable bonds is 6. The molecule has 0 atom stereocenters. The van der Waals surface area contributed by atoms with Crippen LogP contribution in [0.5, 0.6) is 0 Å². The van der Waals surface area contributed by atoms with E-state index in [4.69, 9.17) is 4.42 Å². The quantitative estimate of drug-likeness (QED) is 0.143. The molecule has 166 valence electrons. The highest BCUT2D eigenvalue weighted by Crippen LogP contribution is 2.35. The molecular weight excluding hydrogens is 412 g/mol. The number of hydrogen-bond donors (Lipinski definition) is 0. The molecule has 1 heterocycles. The molecule has 0 bridgehead atoms. The largest absolute Gasteiger partial charge is 0.457 e. The van der Waals surface area contributed by atoms with Crippen LogP contribution in [0.15, 0.2) is 95.4 Å². The Morgan fingerprint density at radius 3 is 2.32 bits per heavy atom. The van der Waals surface area contributed by atoms with Crippen LogP contribution in [0.25, 0.3) is 55.4 Å². The molecule has 6 aromatic rings. The van der Waals surface area contributed by atoms with Crippen LogP contribution < -0.4 is 0 Å². The second kappa shape index (κ2) is 8.83. The monoisotopic (exact) mass is 440 g/mol. The molecule has 0 amide bonds. The van der Waals surface area contributed by atoms with E-state index in [1.165, 1.54) is 68.1 Å².